The van der Waals surface area contributed by atoms with E-state index < -0.39 is 10.8 Å². The Kier molecular flexibility index (Phi) is 4.42. The van der Waals surface area contributed by atoms with Crippen molar-refractivity contribution < 1.29 is 9.72 Å². The summed E-state index contributed by atoms with van der Waals surface area (Å²) in [5, 5.41) is 20.7. The van der Waals surface area contributed by atoms with Gasteiger partial charge in [0.15, 0.2) is 5.69 Å². The molecule has 21 heavy (non-hydrogen) atoms. The van der Waals surface area contributed by atoms with Crippen LogP contribution >= 0.6 is 31.9 Å². The zero-order valence-corrected chi connectivity index (χ0v) is 14.2. The molecule has 1 N–H and O–H groups in total. The zero-order valence-electron chi connectivity index (χ0n) is 11.0. The highest BCUT2D eigenvalue weighted by molar-refractivity contribution is 9.11. The van der Waals surface area contributed by atoms with Crippen LogP contribution in [0, 0.1) is 10.1 Å². The first-order valence-corrected chi connectivity index (χ1v) is 7.21. The molecular weight excluding hydrogens is 412 g/mol. The maximum atomic E-state index is 12.3. The van der Waals surface area contributed by atoms with Crippen molar-refractivity contribution in [2.75, 3.05) is 7.05 Å². The van der Waals surface area contributed by atoms with Gasteiger partial charge in [0, 0.05) is 14.1 Å². The second kappa shape index (κ2) is 5.93. The van der Waals surface area contributed by atoms with Gasteiger partial charge in [0.05, 0.1) is 22.9 Å². The zero-order chi connectivity index (χ0) is 15.7. The van der Waals surface area contributed by atoms with E-state index in [4.69, 9.17) is 0 Å². The smallest absolute Gasteiger partial charge is 0.357 e. The molecule has 2 rings (SSSR count). The molecule has 0 fully saturated rings. The second-order valence-corrected chi connectivity index (χ2v) is 5.86. The quantitative estimate of drug-likeness (QED) is 0.598. The molecule has 0 spiro atoms. The lowest BCUT2D eigenvalue weighted by molar-refractivity contribution is -0.390. The van der Waals surface area contributed by atoms with E-state index in [-0.39, 0.29) is 22.5 Å². The van der Waals surface area contributed by atoms with Crippen molar-refractivity contribution in [3.05, 3.63) is 36.6 Å². The van der Waals surface area contributed by atoms with E-state index in [1.54, 1.807) is 25.0 Å². The molecule has 2 heterocycles. The van der Waals surface area contributed by atoms with E-state index in [2.05, 4.69) is 47.2 Å². The number of nitrogens with zero attached hydrogens (tertiary/aromatic N) is 5. The lowest BCUT2D eigenvalue weighted by atomic mass is 10.3. The van der Waals surface area contributed by atoms with Crippen LogP contribution < -0.4 is 0 Å². The monoisotopic (exact) mass is 420 g/mol. The van der Waals surface area contributed by atoms with Gasteiger partial charge in [-0.1, -0.05) is 5.10 Å². The van der Waals surface area contributed by atoms with Crippen LogP contribution in [0.15, 0.2) is 15.1 Å². The third-order valence-corrected chi connectivity index (χ3v) is 4.23. The van der Waals surface area contributed by atoms with Crippen LogP contribution in [-0.2, 0) is 13.6 Å². The normalized spacial score (nSPS) is 10.7. The number of aromatic nitrogens is 4. The number of H-pyrrole nitrogens is 1. The highest BCUT2D eigenvalue weighted by Gasteiger charge is 2.27. The van der Waals surface area contributed by atoms with Gasteiger partial charge < -0.3 is 15.0 Å². The van der Waals surface area contributed by atoms with Gasteiger partial charge >= 0.3 is 5.82 Å². The number of aromatic amines is 1. The van der Waals surface area contributed by atoms with Gasteiger partial charge in [0.1, 0.15) is 4.47 Å². The van der Waals surface area contributed by atoms with E-state index in [1.165, 1.54) is 4.90 Å². The Balaban J connectivity index is 2.22. The topological polar surface area (TPSA) is 110 Å². The van der Waals surface area contributed by atoms with Crippen molar-refractivity contribution in [1.82, 2.24) is 24.9 Å². The molecule has 0 aliphatic carbocycles. The number of amides is 1. The van der Waals surface area contributed by atoms with Crippen LogP contribution in [-0.4, -0.2) is 42.8 Å². The van der Waals surface area contributed by atoms with Crippen molar-refractivity contribution >= 4 is 43.6 Å². The van der Waals surface area contributed by atoms with Crippen LogP contribution in [0.5, 0.6) is 0 Å². The largest absolute Gasteiger partial charge is 0.358 e. The average molecular weight is 422 g/mol. The van der Waals surface area contributed by atoms with E-state index in [1.807, 2.05) is 0 Å². The molecule has 112 valence electrons. The summed E-state index contributed by atoms with van der Waals surface area (Å²) in [5.41, 5.74) is 0.759. The molecule has 9 nitrogen and oxygen atoms in total. The van der Waals surface area contributed by atoms with Crippen LogP contribution in [0.25, 0.3) is 0 Å². The van der Waals surface area contributed by atoms with E-state index >= 15 is 0 Å². The first-order chi connectivity index (χ1) is 9.82. The number of hydrogen-bond acceptors (Lipinski definition) is 5. The minimum absolute atomic E-state index is 0.0356. The molecule has 0 saturated carbocycles. The molecule has 0 atom stereocenters. The molecule has 0 aliphatic heterocycles. The first-order valence-electron chi connectivity index (χ1n) is 5.63. The molecule has 11 heteroatoms. The Morgan fingerprint density at radius 1 is 1.57 bits per heavy atom. The van der Waals surface area contributed by atoms with Crippen LogP contribution in [0.2, 0.25) is 0 Å². The molecule has 1 amide bonds. The summed E-state index contributed by atoms with van der Waals surface area (Å²) >= 11 is 6.36. The first kappa shape index (κ1) is 15.6. The van der Waals surface area contributed by atoms with Crippen molar-refractivity contribution in [2.24, 2.45) is 7.05 Å². The standard InChI is InChI=1S/C10H10Br2N6O3/c1-16(4-6-5(11)3-13-17(6)2)10(19)8-7(12)9(15-14-8)18(20)21/h3H,4H2,1-2H3,(H,14,15). The molecule has 0 radical (unpaired) electrons. The number of nitrogens with one attached hydrogen (secondary N) is 1. The fraction of sp³-hybridized carbons (Fsp3) is 0.300. The fourth-order valence-corrected chi connectivity index (χ4v) is 2.64. The number of nitro groups is 1. The predicted octanol–water partition coefficient (Wildman–Crippen LogP) is 1.85. The molecule has 0 aromatic carbocycles. The summed E-state index contributed by atoms with van der Waals surface area (Å²) in [6.07, 6.45) is 1.63. The number of carbonyl (C=O) groups is 1. The van der Waals surface area contributed by atoms with E-state index in [9.17, 15) is 14.9 Å². The molecule has 2 aromatic heterocycles. The molecule has 0 unspecified atom stereocenters. The third-order valence-electron chi connectivity index (χ3n) is 2.82. The highest BCUT2D eigenvalue weighted by Crippen LogP contribution is 2.26. The number of hydrogen-bond donors (Lipinski definition) is 1. The average Bonchev–Trinajstić information content (AvgIpc) is 2.95. The highest BCUT2D eigenvalue weighted by atomic mass is 79.9. The lowest BCUT2D eigenvalue weighted by Crippen LogP contribution is -2.28. The number of rotatable bonds is 4. The Morgan fingerprint density at radius 2 is 2.24 bits per heavy atom. The number of carbonyl (C=O) groups excluding carboxylic acids is 1. The molecule has 2 aromatic rings. The van der Waals surface area contributed by atoms with Crippen molar-refractivity contribution in [3.63, 3.8) is 0 Å². The minimum atomic E-state index is -0.647. The third kappa shape index (κ3) is 2.97. The Morgan fingerprint density at radius 3 is 2.71 bits per heavy atom. The maximum absolute atomic E-state index is 12.3. The van der Waals surface area contributed by atoms with Crippen molar-refractivity contribution in [1.29, 1.82) is 0 Å². The van der Waals surface area contributed by atoms with Crippen LogP contribution in [0.4, 0.5) is 5.82 Å². The second-order valence-electron chi connectivity index (χ2n) is 4.22. The lowest BCUT2D eigenvalue weighted by Gasteiger charge is -2.16. The Bertz CT molecular complexity index is 690. The summed E-state index contributed by atoms with van der Waals surface area (Å²) in [5.74, 6) is -0.798. The van der Waals surface area contributed by atoms with Gasteiger partial charge in [0.2, 0.25) is 0 Å². The maximum Gasteiger partial charge on any atom is 0.357 e. The summed E-state index contributed by atoms with van der Waals surface area (Å²) < 4.78 is 2.45. The van der Waals surface area contributed by atoms with Gasteiger partial charge in [-0.25, -0.2) is 0 Å². The van der Waals surface area contributed by atoms with E-state index in [0.717, 1.165) is 10.2 Å². The molecular formula is C10H10Br2N6O3. The molecule has 0 saturated heterocycles. The Labute approximate surface area is 135 Å². The van der Waals surface area contributed by atoms with Gasteiger partial charge in [-0.2, -0.15) is 5.10 Å². The van der Waals surface area contributed by atoms with Gasteiger partial charge in [0.25, 0.3) is 5.91 Å². The van der Waals surface area contributed by atoms with Crippen LogP contribution in [0.1, 0.15) is 16.2 Å². The van der Waals surface area contributed by atoms with E-state index in [0.29, 0.717) is 0 Å². The summed E-state index contributed by atoms with van der Waals surface area (Å²) in [6.45, 7) is 0.281. The van der Waals surface area contributed by atoms with Gasteiger partial charge in [-0.3, -0.25) is 9.48 Å². The van der Waals surface area contributed by atoms with Gasteiger partial charge in [-0.05, 0) is 36.8 Å². The number of halogens is 2. The minimum Gasteiger partial charge on any atom is -0.358 e. The molecule has 0 bridgehead atoms. The van der Waals surface area contributed by atoms with Crippen molar-refractivity contribution in [3.8, 4) is 0 Å². The summed E-state index contributed by atoms with van der Waals surface area (Å²) in [7, 11) is 3.34. The van der Waals surface area contributed by atoms with Crippen LogP contribution in [0.3, 0.4) is 0 Å². The SMILES string of the molecule is CN(Cc1c(Br)cnn1C)C(=O)c1n[nH]c([N+](=O)[O-])c1Br. The predicted molar refractivity (Wildman–Crippen MR) is 79.6 cm³/mol. The number of aryl methyl sites for hydroxylation is 1. The Hall–Kier alpha value is -1.75. The fourth-order valence-electron chi connectivity index (χ4n) is 1.67. The van der Waals surface area contributed by atoms with Gasteiger partial charge in [-0.15, -0.1) is 5.10 Å². The van der Waals surface area contributed by atoms with Crippen molar-refractivity contribution in [2.45, 2.75) is 6.54 Å². The summed E-state index contributed by atoms with van der Waals surface area (Å²) in [6, 6.07) is 0. The summed E-state index contributed by atoms with van der Waals surface area (Å²) in [4.78, 5) is 23.8. The molecule has 0 aliphatic rings.